The molecule has 0 bridgehead atoms. The van der Waals surface area contributed by atoms with E-state index in [0.717, 1.165) is 79.5 Å². The average Bonchev–Trinajstić information content (AvgIpc) is 0.745. The second-order valence-corrected chi connectivity index (χ2v) is 44.7. The van der Waals surface area contributed by atoms with Crippen LogP contribution in [-0.4, -0.2) is 0 Å². The van der Waals surface area contributed by atoms with Gasteiger partial charge in [-0.3, -0.25) is 0 Å². The molecule has 142 heavy (non-hydrogen) atoms. The molecule has 0 aliphatic heterocycles. The van der Waals surface area contributed by atoms with Crippen molar-refractivity contribution >= 4 is 55.7 Å². The van der Waals surface area contributed by atoms with Crippen LogP contribution in [0.2, 0.25) is 0 Å². The van der Waals surface area contributed by atoms with Crippen molar-refractivity contribution in [2.24, 2.45) is 0 Å². The van der Waals surface area contributed by atoms with Gasteiger partial charge in [0.25, 0.3) is 0 Å². The lowest BCUT2D eigenvalue weighted by atomic mass is 9.75. The lowest BCUT2D eigenvalue weighted by Gasteiger charge is -2.31. The van der Waals surface area contributed by atoms with E-state index in [1.807, 2.05) is 0 Å². The first-order valence-corrected chi connectivity index (χ1v) is 50.6. The van der Waals surface area contributed by atoms with Crippen LogP contribution in [0, 0.1) is 0 Å². The molecule has 0 aliphatic rings. The van der Waals surface area contributed by atoms with E-state index in [1.54, 1.807) is 0 Å². The standard InChI is InChI=1S/C140H128N2/c1-135(2,3)112-83-109(84-113(90-112)136(4,5)6)122-47-27-30-54-130(122)142(132-56-32-29-49-126(132)128-53-36-46-106-43-33-50-123(133(106)128)110-85-114(137(7,8)9)91-115(86-110)138(10,11)12)120-80-71-102(72-81-120)100-67-65-98(66-68-100)96-59-57-94(58-60-96)93-140(16,17)117-88-111(87-116(92-117)139(13,14)15)124-51-34-44-107-45-35-52-127(134(107)124)125-48-28-31-55-131(125)141(118-76-69-101(70-77-118)99-63-61-97(62-64-99)95-37-21-18-22-38-95)119-78-73-103(74-79-119)108-75-82-121(104-39-23-19-24-40-104)129(89-108)105-41-25-20-26-42-105/h18-92H,93H2,1-17H3. The van der Waals surface area contributed by atoms with Crippen LogP contribution in [0.3, 0.4) is 0 Å². The van der Waals surface area contributed by atoms with Crippen molar-refractivity contribution in [3.05, 3.63) is 494 Å². The normalized spacial score (nSPS) is 12.1. The average molecular weight is 1840 g/mol. The van der Waals surface area contributed by atoms with Gasteiger partial charge < -0.3 is 9.80 Å². The number of rotatable bonds is 21. The molecule has 0 fully saturated rings. The molecule has 0 atom stereocenters. The van der Waals surface area contributed by atoms with Gasteiger partial charge in [0.2, 0.25) is 0 Å². The summed E-state index contributed by atoms with van der Waals surface area (Å²) in [7, 11) is 0. The predicted molar refractivity (Wildman–Crippen MR) is 613 cm³/mol. The minimum Gasteiger partial charge on any atom is -0.310 e. The van der Waals surface area contributed by atoms with Crippen molar-refractivity contribution in [2.45, 2.75) is 157 Å². The Morgan fingerprint density at radius 2 is 0.408 bits per heavy atom. The van der Waals surface area contributed by atoms with Gasteiger partial charge in [-0.05, 0) is 277 Å². The molecule has 0 heterocycles. The fourth-order valence-corrected chi connectivity index (χ4v) is 20.7. The molecule has 0 unspecified atom stereocenters. The summed E-state index contributed by atoms with van der Waals surface area (Å²) < 4.78 is 0. The van der Waals surface area contributed by atoms with Gasteiger partial charge in [0.15, 0.2) is 0 Å². The van der Waals surface area contributed by atoms with Crippen LogP contribution < -0.4 is 9.80 Å². The summed E-state index contributed by atoms with van der Waals surface area (Å²) in [6, 6.07) is 171. The summed E-state index contributed by atoms with van der Waals surface area (Å²) in [5.41, 5.74) is 43.5. The number of hydrogen-bond donors (Lipinski definition) is 0. The van der Waals surface area contributed by atoms with Crippen LogP contribution in [0.15, 0.2) is 455 Å². The summed E-state index contributed by atoms with van der Waals surface area (Å²) in [5, 5.41) is 4.86. The topological polar surface area (TPSA) is 6.48 Å². The summed E-state index contributed by atoms with van der Waals surface area (Å²) >= 11 is 0. The molecule has 0 aliphatic carbocycles. The Labute approximate surface area is 843 Å². The summed E-state index contributed by atoms with van der Waals surface area (Å²) in [5.74, 6) is 0. The first-order valence-electron chi connectivity index (χ1n) is 50.6. The molecule has 0 N–H and O–H groups in total. The van der Waals surface area contributed by atoms with Gasteiger partial charge in [-0.2, -0.15) is 0 Å². The van der Waals surface area contributed by atoms with Gasteiger partial charge in [-0.1, -0.05) is 512 Å². The lowest BCUT2D eigenvalue weighted by Crippen LogP contribution is -2.22. The first-order chi connectivity index (χ1) is 68.3. The second-order valence-electron chi connectivity index (χ2n) is 44.7. The molecule has 0 saturated carbocycles. The Kier molecular flexibility index (Phi) is 25.4. The number of para-hydroxylation sites is 3. The van der Waals surface area contributed by atoms with Crippen molar-refractivity contribution < 1.29 is 0 Å². The van der Waals surface area contributed by atoms with Crippen LogP contribution >= 0.6 is 0 Å². The highest BCUT2D eigenvalue weighted by atomic mass is 15.2. The number of anilines is 6. The third-order valence-corrected chi connectivity index (χ3v) is 29.0. The van der Waals surface area contributed by atoms with E-state index in [-0.39, 0.29) is 32.5 Å². The molecule has 0 aromatic heterocycles. The van der Waals surface area contributed by atoms with Crippen molar-refractivity contribution in [2.75, 3.05) is 9.80 Å². The van der Waals surface area contributed by atoms with Gasteiger partial charge in [0, 0.05) is 33.8 Å². The van der Waals surface area contributed by atoms with Crippen molar-refractivity contribution in [3.63, 3.8) is 0 Å². The quantitative estimate of drug-likeness (QED) is 0.0707. The summed E-state index contributed by atoms with van der Waals surface area (Å²) in [4.78, 5) is 4.99. The highest BCUT2D eigenvalue weighted by molar-refractivity contribution is 6.11. The van der Waals surface area contributed by atoms with Crippen LogP contribution in [0.1, 0.15) is 157 Å². The van der Waals surface area contributed by atoms with Crippen LogP contribution in [0.4, 0.5) is 34.1 Å². The number of benzene rings is 20. The Balaban J connectivity index is 0.612. The molecule has 2 heteroatoms. The molecule has 0 amide bonds. The molecule has 20 rings (SSSR count). The van der Waals surface area contributed by atoms with E-state index < -0.39 is 0 Å². The lowest BCUT2D eigenvalue weighted by molar-refractivity contribution is 0.517. The Hall–Kier alpha value is -15.5. The summed E-state index contributed by atoms with van der Waals surface area (Å²) in [6.45, 7) is 40.0. The van der Waals surface area contributed by atoms with E-state index in [4.69, 9.17) is 0 Å². The fraction of sp³-hybridized carbons (Fsp3) is 0.171. The maximum absolute atomic E-state index is 2.53. The number of nitrogens with zero attached hydrogens (tertiary/aromatic N) is 2. The van der Waals surface area contributed by atoms with Crippen LogP contribution in [0.25, 0.3) is 155 Å². The Bertz CT molecular complexity index is 7910. The van der Waals surface area contributed by atoms with E-state index in [9.17, 15) is 0 Å². The van der Waals surface area contributed by atoms with Gasteiger partial charge >= 0.3 is 0 Å². The number of hydrogen-bond acceptors (Lipinski definition) is 2. The fourth-order valence-electron chi connectivity index (χ4n) is 20.7. The molecule has 20 aromatic carbocycles. The van der Waals surface area contributed by atoms with Gasteiger partial charge in [-0.15, -0.1) is 0 Å². The first kappa shape index (κ1) is 94.1. The SMILES string of the molecule is CC(C)(C)c1cc(-c2ccccc2N(c2ccc(-c3ccc(-c4ccc(CC(C)(C)c5cc(-c6cccc7cccc(-c8ccccc8N(c8ccc(-c9ccc(-c%10ccccc%10)cc9)cc8)c8ccc(-c9ccc(-c%10ccccc%10)c(-c%10ccccc%10)c9)cc8)c67)cc(C(C)(C)C)c5)cc4)cc3)cc2)c2ccccc2-c2cccc3cccc(-c4cc(C(C)(C)C)cc(C(C)(C)C)c4)c23)cc(C(C)(C)C)c1. The maximum Gasteiger partial charge on any atom is 0.0540 e. The second kappa shape index (κ2) is 38.3. The Morgan fingerprint density at radius 3 is 0.782 bits per heavy atom. The largest absolute Gasteiger partial charge is 0.310 e. The molecule has 0 spiro atoms. The zero-order valence-corrected chi connectivity index (χ0v) is 85.4. The smallest absolute Gasteiger partial charge is 0.0540 e. The van der Waals surface area contributed by atoms with Crippen molar-refractivity contribution in [1.82, 2.24) is 0 Å². The predicted octanol–water partition coefficient (Wildman–Crippen LogP) is 39.9. The zero-order valence-electron chi connectivity index (χ0n) is 85.4. The molecule has 0 saturated heterocycles. The molecule has 0 radical (unpaired) electrons. The molecule has 20 aromatic rings. The van der Waals surface area contributed by atoms with Crippen molar-refractivity contribution in [1.29, 1.82) is 0 Å². The maximum atomic E-state index is 2.53. The minimum absolute atomic E-state index is 0.0472. The number of fused-ring (bicyclic) bond motifs is 2. The highest BCUT2D eigenvalue weighted by Crippen LogP contribution is 2.53. The van der Waals surface area contributed by atoms with Crippen LogP contribution in [-0.2, 0) is 38.9 Å². The molecular weight excluding hydrogens is 1710 g/mol. The molecule has 698 valence electrons. The van der Waals surface area contributed by atoms with E-state index >= 15 is 0 Å². The Morgan fingerprint density at radius 1 is 0.155 bits per heavy atom. The molecular formula is C140H128N2. The van der Waals surface area contributed by atoms with E-state index in [1.165, 1.54) is 155 Å². The monoisotopic (exact) mass is 1840 g/mol. The highest BCUT2D eigenvalue weighted by Gasteiger charge is 2.32. The van der Waals surface area contributed by atoms with Crippen LogP contribution in [0.5, 0.6) is 0 Å². The van der Waals surface area contributed by atoms with Crippen molar-refractivity contribution in [3.8, 4) is 134 Å². The van der Waals surface area contributed by atoms with Gasteiger partial charge in [0.1, 0.15) is 0 Å². The third-order valence-electron chi connectivity index (χ3n) is 29.0. The zero-order chi connectivity index (χ0) is 98.6. The van der Waals surface area contributed by atoms with E-state index in [0.29, 0.717) is 0 Å². The summed E-state index contributed by atoms with van der Waals surface area (Å²) in [6.07, 6.45) is 0.851. The minimum atomic E-state index is -0.253. The van der Waals surface area contributed by atoms with E-state index in [2.05, 4.69) is 582 Å². The third kappa shape index (κ3) is 19.6. The van der Waals surface area contributed by atoms with Gasteiger partial charge in [-0.25, -0.2) is 0 Å². The molecule has 2 nitrogen and oxygen atoms in total. The van der Waals surface area contributed by atoms with Gasteiger partial charge in [0.05, 0.1) is 17.1 Å².